The number of carbonyl (C=O) groups is 1. The highest BCUT2D eigenvalue weighted by atomic mass is 35.5. The number of Topliss-reactive ketones (excluding diaryl/α,β-unsaturated/α-hetero) is 1. The second-order valence-corrected chi connectivity index (χ2v) is 6.64. The maximum atomic E-state index is 12.3. The standard InChI is InChI=1S/C17H19ClN4OS/c1-4-22(3)11-20-15-9-19-17(21-12(15)2)16(23)10-24-14-7-5-6-13(18)8-14/h5-9,11H,4,10H2,1-3H3. The molecule has 126 valence electrons. The molecule has 0 amide bonds. The lowest BCUT2D eigenvalue weighted by atomic mass is 10.3. The Morgan fingerprint density at radius 1 is 1.46 bits per heavy atom. The molecule has 0 aliphatic heterocycles. The number of halogens is 1. The van der Waals surface area contributed by atoms with Crippen molar-refractivity contribution < 1.29 is 4.79 Å². The summed E-state index contributed by atoms with van der Waals surface area (Å²) in [7, 11) is 1.94. The SMILES string of the molecule is CCN(C)C=Nc1cnc(C(=O)CSc2cccc(Cl)c2)nc1C. The molecule has 0 saturated carbocycles. The van der Waals surface area contributed by atoms with Crippen molar-refractivity contribution in [1.82, 2.24) is 14.9 Å². The van der Waals surface area contributed by atoms with Crippen LogP contribution in [0, 0.1) is 6.92 Å². The van der Waals surface area contributed by atoms with Gasteiger partial charge in [-0.2, -0.15) is 0 Å². The van der Waals surface area contributed by atoms with Crippen molar-refractivity contribution in [2.45, 2.75) is 18.7 Å². The van der Waals surface area contributed by atoms with Crippen LogP contribution >= 0.6 is 23.4 Å². The topological polar surface area (TPSA) is 58.5 Å². The van der Waals surface area contributed by atoms with Gasteiger partial charge in [-0.25, -0.2) is 15.0 Å². The highest BCUT2D eigenvalue weighted by Gasteiger charge is 2.12. The predicted molar refractivity (Wildman–Crippen MR) is 99.7 cm³/mol. The summed E-state index contributed by atoms with van der Waals surface area (Å²) in [5.74, 6) is 0.357. The summed E-state index contributed by atoms with van der Waals surface area (Å²) in [5.41, 5.74) is 1.34. The van der Waals surface area contributed by atoms with Gasteiger partial charge in [0.2, 0.25) is 5.78 Å². The Kier molecular flexibility index (Phi) is 6.75. The molecule has 0 atom stereocenters. The van der Waals surface area contributed by atoms with Gasteiger partial charge in [-0.15, -0.1) is 11.8 Å². The summed E-state index contributed by atoms with van der Waals surface area (Å²) in [5, 5.41) is 0.652. The highest BCUT2D eigenvalue weighted by Crippen LogP contribution is 2.22. The number of aliphatic imine (C=N–C) groups is 1. The zero-order valence-corrected chi connectivity index (χ0v) is 15.4. The zero-order valence-electron chi connectivity index (χ0n) is 13.9. The fraction of sp³-hybridized carbons (Fsp3) is 0.294. The molecule has 0 fully saturated rings. The quantitative estimate of drug-likeness (QED) is 0.322. The molecule has 5 nitrogen and oxygen atoms in total. The number of carbonyl (C=O) groups excluding carboxylic acids is 1. The molecule has 1 aromatic heterocycles. The Morgan fingerprint density at radius 3 is 2.92 bits per heavy atom. The van der Waals surface area contributed by atoms with Gasteiger partial charge in [-0.05, 0) is 32.0 Å². The van der Waals surface area contributed by atoms with E-state index in [-0.39, 0.29) is 17.4 Å². The second-order valence-electron chi connectivity index (χ2n) is 5.15. The predicted octanol–water partition coefficient (Wildman–Crippen LogP) is 4.02. The monoisotopic (exact) mass is 362 g/mol. The molecule has 1 aromatic carbocycles. The number of thioether (sulfide) groups is 1. The molecular formula is C17H19ClN4OS. The molecule has 0 bridgehead atoms. The van der Waals surface area contributed by atoms with E-state index in [1.165, 1.54) is 11.8 Å². The molecule has 7 heteroatoms. The molecule has 0 aliphatic carbocycles. The van der Waals surface area contributed by atoms with Gasteiger partial charge in [0.05, 0.1) is 24.0 Å². The molecule has 0 unspecified atom stereocenters. The van der Waals surface area contributed by atoms with Crippen LogP contribution in [0.5, 0.6) is 0 Å². The van der Waals surface area contributed by atoms with Gasteiger partial charge >= 0.3 is 0 Å². The summed E-state index contributed by atoms with van der Waals surface area (Å²) in [6, 6.07) is 7.40. The number of rotatable bonds is 7. The fourth-order valence-corrected chi connectivity index (χ4v) is 2.80. The molecule has 2 aromatic rings. The van der Waals surface area contributed by atoms with E-state index < -0.39 is 0 Å². The Labute approximate surface area is 151 Å². The molecule has 0 radical (unpaired) electrons. The van der Waals surface area contributed by atoms with Gasteiger partial charge < -0.3 is 4.90 Å². The van der Waals surface area contributed by atoms with E-state index in [2.05, 4.69) is 15.0 Å². The number of ketones is 1. The second kappa shape index (κ2) is 8.80. The van der Waals surface area contributed by atoms with Crippen LogP contribution in [0.3, 0.4) is 0 Å². The van der Waals surface area contributed by atoms with Crippen LogP contribution in [-0.2, 0) is 0 Å². The maximum absolute atomic E-state index is 12.3. The van der Waals surface area contributed by atoms with Crippen LogP contribution in [0.2, 0.25) is 5.02 Å². The Morgan fingerprint density at radius 2 is 2.25 bits per heavy atom. The summed E-state index contributed by atoms with van der Waals surface area (Å²) < 4.78 is 0. The van der Waals surface area contributed by atoms with Crippen LogP contribution in [-0.4, -0.2) is 46.3 Å². The third-order valence-electron chi connectivity index (χ3n) is 3.26. The van der Waals surface area contributed by atoms with Gasteiger partial charge in [-0.3, -0.25) is 4.79 Å². The van der Waals surface area contributed by atoms with Gasteiger partial charge in [0.15, 0.2) is 5.82 Å². The van der Waals surface area contributed by atoms with E-state index >= 15 is 0 Å². The maximum Gasteiger partial charge on any atom is 0.210 e. The molecule has 24 heavy (non-hydrogen) atoms. The Bertz CT molecular complexity index is 751. The molecule has 0 N–H and O–H groups in total. The lowest BCUT2D eigenvalue weighted by Gasteiger charge is -2.08. The van der Waals surface area contributed by atoms with Crippen LogP contribution in [0.15, 0.2) is 40.4 Å². The van der Waals surface area contributed by atoms with Crippen molar-refractivity contribution in [2.24, 2.45) is 4.99 Å². The largest absolute Gasteiger partial charge is 0.366 e. The normalized spacial score (nSPS) is 11.0. The van der Waals surface area contributed by atoms with Crippen molar-refractivity contribution in [1.29, 1.82) is 0 Å². The van der Waals surface area contributed by atoms with Gasteiger partial charge in [0.1, 0.15) is 5.69 Å². The van der Waals surface area contributed by atoms with Crippen molar-refractivity contribution >= 4 is 41.2 Å². The molecule has 2 rings (SSSR count). The molecule has 0 spiro atoms. The Hall–Kier alpha value is -1.92. The van der Waals surface area contributed by atoms with Crippen molar-refractivity contribution in [3.8, 4) is 0 Å². The molecule has 0 aliphatic rings. The van der Waals surface area contributed by atoms with Gasteiger partial charge in [0.25, 0.3) is 0 Å². The van der Waals surface area contributed by atoms with Crippen LogP contribution < -0.4 is 0 Å². The summed E-state index contributed by atoms with van der Waals surface area (Å²) in [6.45, 7) is 4.72. The first kappa shape index (κ1) is 18.4. The summed E-state index contributed by atoms with van der Waals surface area (Å²) >= 11 is 7.35. The van der Waals surface area contributed by atoms with Crippen molar-refractivity contribution in [3.05, 3.63) is 47.0 Å². The lowest BCUT2D eigenvalue weighted by Crippen LogP contribution is -2.14. The van der Waals surface area contributed by atoms with Crippen LogP contribution in [0.1, 0.15) is 23.2 Å². The molecular weight excluding hydrogens is 344 g/mol. The first-order chi connectivity index (χ1) is 11.5. The summed E-state index contributed by atoms with van der Waals surface area (Å²) in [6.07, 6.45) is 3.31. The van der Waals surface area contributed by atoms with E-state index in [0.29, 0.717) is 16.4 Å². The number of hydrogen-bond acceptors (Lipinski definition) is 5. The first-order valence-corrected chi connectivity index (χ1v) is 8.85. The number of aromatic nitrogens is 2. The first-order valence-electron chi connectivity index (χ1n) is 7.49. The van der Waals surface area contributed by atoms with Crippen LogP contribution in [0.25, 0.3) is 0 Å². The van der Waals surface area contributed by atoms with E-state index in [4.69, 9.17) is 11.6 Å². The minimum atomic E-state index is -0.121. The average molecular weight is 363 g/mol. The van der Waals surface area contributed by atoms with E-state index in [0.717, 1.165) is 11.4 Å². The minimum Gasteiger partial charge on any atom is -0.366 e. The van der Waals surface area contributed by atoms with E-state index in [1.54, 1.807) is 18.6 Å². The third kappa shape index (κ3) is 5.32. The Balaban J connectivity index is 2.02. The average Bonchev–Trinajstić information content (AvgIpc) is 2.58. The number of hydrogen-bond donors (Lipinski definition) is 0. The molecule has 1 heterocycles. The van der Waals surface area contributed by atoms with Crippen molar-refractivity contribution in [2.75, 3.05) is 19.3 Å². The third-order valence-corrected chi connectivity index (χ3v) is 4.49. The number of aryl methyl sites for hydroxylation is 1. The summed E-state index contributed by atoms with van der Waals surface area (Å²) in [4.78, 5) is 27.9. The lowest BCUT2D eigenvalue weighted by molar-refractivity contribution is 0.101. The number of benzene rings is 1. The highest BCUT2D eigenvalue weighted by molar-refractivity contribution is 8.00. The molecule has 0 saturated heterocycles. The smallest absolute Gasteiger partial charge is 0.210 e. The van der Waals surface area contributed by atoms with Crippen molar-refractivity contribution in [3.63, 3.8) is 0 Å². The number of nitrogens with zero attached hydrogens (tertiary/aromatic N) is 4. The van der Waals surface area contributed by atoms with Gasteiger partial charge in [0, 0.05) is 23.5 Å². The zero-order chi connectivity index (χ0) is 17.5. The van der Waals surface area contributed by atoms with Gasteiger partial charge in [-0.1, -0.05) is 17.7 Å². The minimum absolute atomic E-state index is 0.121. The van der Waals surface area contributed by atoms with E-state index in [9.17, 15) is 4.79 Å². The van der Waals surface area contributed by atoms with E-state index in [1.807, 2.05) is 44.0 Å². The van der Waals surface area contributed by atoms with Crippen LogP contribution in [0.4, 0.5) is 5.69 Å². The fourth-order valence-electron chi connectivity index (χ4n) is 1.73.